The third kappa shape index (κ3) is 14.3. The Morgan fingerprint density at radius 3 is 2.08 bits per heavy atom. The van der Waals surface area contributed by atoms with E-state index in [1.807, 2.05) is 0 Å². The summed E-state index contributed by atoms with van der Waals surface area (Å²) in [5, 5.41) is 3.62. The molecule has 0 heterocycles. The monoisotopic (exact) mass is 375 g/mol. The molecule has 0 saturated carbocycles. The van der Waals surface area contributed by atoms with Crippen LogP contribution in [0.15, 0.2) is 5.11 Å². The molecule has 0 aromatic rings. The van der Waals surface area contributed by atoms with Crippen molar-refractivity contribution >= 4 is 0 Å². The lowest BCUT2D eigenvalue weighted by atomic mass is 9.96. The SMILES string of the molecule is COCCOCCOCCOC(CCN=[N+]=[N-])C(C)C(C)OCC(C)C. The van der Waals surface area contributed by atoms with Crippen LogP contribution in [0.1, 0.15) is 34.1 Å². The summed E-state index contributed by atoms with van der Waals surface area (Å²) in [7, 11) is 1.64. The molecule has 0 bridgehead atoms. The smallest absolute Gasteiger partial charge is 0.0704 e. The van der Waals surface area contributed by atoms with Gasteiger partial charge in [-0.3, -0.25) is 0 Å². The van der Waals surface area contributed by atoms with Crippen molar-refractivity contribution in [2.45, 2.75) is 46.3 Å². The number of ether oxygens (including phenoxy) is 5. The molecule has 0 rings (SSSR count). The topological polar surface area (TPSA) is 94.9 Å². The van der Waals surface area contributed by atoms with Crippen molar-refractivity contribution in [2.75, 3.05) is 59.9 Å². The number of azide groups is 1. The van der Waals surface area contributed by atoms with Gasteiger partial charge in [0.2, 0.25) is 0 Å². The highest BCUT2D eigenvalue weighted by atomic mass is 16.6. The lowest BCUT2D eigenvalue weighted by Gasteiger charge is -2.29. The summed E-state index contributed by atoms with van der Waals surface area (Å²) in [6.07, 6.45) is 0.702. The summed E-state index contributed by atoms with van der Waals surface area (Å²) in [6, 6.07) is 0. The summed E-state index contributed by atoms with van der Waals surface area (Å²) in [6.45, 7) is 12.8. The fraction of sp³-hybridized carbons (Fsp3) is 1.00. The summed E-state index contributed by atoms with van der Waals surface area (Å²) < 4.78 is 27.6. The van der Waals surface area contributed by atoms with Crippen LogP contribution in [-0.4, -0.2) is 72.1 Å². The number of rotatable bonds is 18. The van der Waals surface area contributed by atoms with Crippen LogP contribution in [0.5, 0.6) is 0 Å². The molecule has 3 atom stereocenters. The zero-order chi connectivity index (χ0) is 19.6. The van der Waals surface area contributed by atoms with Gasteiger partial charge < -0.3 is 23.7 Å². The lowest BCUT2D eigenvalue weighted by Crippen LogP contribution is -2.34. The van der Waals surface area contributed by atoms with Crippen molar-refractivity contribution in [3.63, 3.8) is 0 Å². The van der Waals surface area contributed by atoms with Gasteiger partial charge in [-0.1, -0.05) is 25.9 Å². The fourth-order valence-corrected chi connectivity index (χ4v) is 2.25. The van der Waals surface area contributed by atoms with Crippen molar-refractivity contribution < 1.29 is 23.7 Å². The summed E-state index contributed by atoms with van der Waals surface area (Å²) in [4.78, 5) is 2.81. The number of hydrogen-bond donors (Lipinski definition) is 0. The van der Waals surface area contributed by atoms with Crippen LogP contribution in [-0.2, 0) is 23.7 Å². The van der Waals surface area contributed by atoms with Gasteiger partial charge in [0, 0.05) is 31.1 Å². The third-order valence-corrected chi connectivity index (χ3v) is 3.96. The maximum Gasteiger partial charge on any atom is 0.0704 e. The third-order valence-electron chi connectivity index (χ3n) is 3.96. The van der Waals surface area contributed by atoms with Gasteiger partial charge in [-0.25, -0.2) is 0 Å². The van der Waals surface area contributed by atoms with Crippen molar-refractivity contribution in [1.29, 1.82) is 0 Å². The van der Waals surface area contributed by atoms with Crippen LogP contribution in [0.3, 0.4) is 0 Å². The molecule has 0 fully saturated rings. The van der Waals surface area contributed by atoms with E-state index < -0.39 is 0 Å². The Balaban J connectivity index is 4.10. The van der Waals surface area contributed by atoms with Crippen LogP contribution in [0.2, 0.25) is 0 Å². The van der Waals surface area contributed by atoms with E-state index in [4.69, 9.17) is 29.2 Å². The van der Waals surface area contributed by atoms with Crippen molar-refractivity contribution in [3.8, 4) is 0 Å². The zero-order valence-electron chi connectivity index (χ0n) is 17.1. The second kappa shape index (κ2) is 17.5. The quantitative estimate of drug-likeness (QED) is 0.158. The molecule has 0 aromatic heterocycles. The van der Waals surface area contributed by atoms with Crippen molar-refractivity contribution in [2.24, 2.45) is 17.0 Å². The molecule has 0 radical (unpaired) electrons. The minimum absolute atomic E-state index is 0.0378. The molecule has 0 saturated heterocycles. The van der Waals surface area contributed by atoms with E-state index in [-0.39, 0.29) is 18.1 Å². The molecular weight excluding hydrogens is 338 g/mol. The predicted molar refractivity (Wildman–Crippen MR) is 101 cm³/mol. The largest absolute Gasteiger partial charge is 0.382 e. The fourth-order valence-electron chi connectivity index (χ4n) is 2.25. The Morgan fingerprint density at radius 2 is 1.50 bits per heavy atom. The Hall–Kier alpha value is -0.890. The molecule has 154 valence electrons. The Labute approximate surface area is 158 Å². The Bertz CT molecular complexity index is 365. The molecule has 8 heteroatoms. The molecule has 0 amide bonds. The minimum atomic E-state index is -0.0378. The molecule has 0 aromatic carbocycles. The molecule has 0 aliphatic carbocycles. The van der Waals surface area contributed by atoms with E-state index in [1.165, 1.54) is 0 Å². The number of nitrogens with zero attached hydrogens (tertiary/aromatic N) is 3. The summed E-state index contributed by atoms with van der Waals surface area (Å²) in [5.41, 5.74) is 8.48. The summed E-state index contributed by atoms with van der Waals surface area (Å²) >= 11 is 0. The molecule has 0 spiro atoms. The van der Waals surface area contributed by atoms with Crippen molar-refractivity contribution in [3.05, 3.63) is 10.4 Å². The Kier molecular flexibility index (Phi) is 16.9. The molecule has 3 unspecified atom stereocenters. The molecule has 0 N–H and O–H groups in total. The predicted octanol–water partition coefficient (Wildman–Crippen LogP) is 3.45. The van der Waals surface area contributed by atoms with Crippen LogP contribution < -0.4 is 0 Å². The van der Waals surface area contributed by atoms with Gasteiger partial charge in [-0.2, -0.15) is 0 Å². The molecular formula is C18H37N3O5. The molecule has 0 aliphatic rings. The normalized spacial score (nSPS) is 14.8. The van der Waals surface area contributed by atoms with Crippen LogP contribution in [0.25, 0.3) is 10.4 Å². The zero-order valence-corrected chi connectivity index (χ0v) is 17.1. The van der Waals surface area contributed by atoms with Crippen LogP contribution in [0.4, 0.5) is 0 Å². The van der Waals surface area contributed by atoms with E-state index in [2.05, 4.69) is 37.7 Å². The number of methoxy groups -OCH3 is 1. The first-order valence-electron chi connectivity index (χ1n) is 9.41. The number of hydrogen-bond acceptors (Lipinski definition) is 6. The second-order valence-corrected chi connectivity index (χ2v) is 6.66. The highest BCUT2D eigenvalue weighted by molar-refractivity contribution is 4.74. The van der Waals surface area contributed by atoms with Crippen LogP contribution in [0, 0.1) is 11.8 Å². The average Bonchev–Trinajstić information content (AvgIpc) is 2.62. The maximum atomic E-state index is 8.48. The first kappa shape index (κ1) is 25.1. The first-order valence-corrected chi connectivity index (χ1v) is 9.41. The molecule has 0 aliphatic heterocycles. The van der Waals surface area contributed by atoms with Crippen LogP contribution >= 0.6 is 0 Å². The van der Waals surface area contributed by atoms with E-state index in [9.17, 15) is 0 Å². The van der Waals surface area contributed by atoms with Gasteiger partial charge in [0.15, 0.2) is 0 Å². The van der Waals surface area contributed by atoms with Gasteiger partial charge in [0.05, 0.1) is 51.8 Å². The average molecular weight is 376 g/mol. The summed E-state index contributed by atoms with van der Waals surface area (Å²) in [5.74, 6) is 0.687. The lowest BCUT2D eigenvalue weighted by molar-refractivity contribution is -0.0734. The second-order valence-electron chi connectivity index (χ2n) is 6.66. The van der Waals surface area contributed by atoms with E-state index >= 15 is 0 Å². The minimum Gasteiger partial charge on any atom is -0.382 e. The van der Waals surface area contributed by atoms with Crippen molar-refractivity contribution in [1.82, 2.24) is 0 Å². The highest BCUT2D eigenvalue weighted by Crippen LogP contribution is 2.19. The van der Waals surface area contributed by atoms with E-state index in [1.54, 1.807) is 7.11 Å². The maximum absolute atomic E-state index is 8.48. The van der Waals surface area contributed by atoms with E-state index in [0.717, 1.165) is 6.61 Å². The van der Waals surface area contributed by atoms with Gasteiger partial charge in [0.25, 0.3) is 0 Å². The van der Waals surface area contributed by atoms with Gasteiger partial charge >= 0.3 is 0 Å². The molecule has 26 heavy (non-hydrogen) atoms. The van der Waals surface area contributed by atoms with Gasteiger partial charge in [-0.05, 0) is 24.8 Å². The van der Waals surface area contributed by atoms with E-state index in [0.29, 0.717) is 58.5 Å². The molecule has 8 nitrogen and oxygen atoms in total. The standard InChI is InChI=1S/C18H37N3O5/c1-15(2)14-26-17(4)16(3)18(6-7-20-21-19)25-13-12-24-11-10-23-9-8-22-5/h15-18H,6-14H2,1-5H3. The highest BCUT2D eigenvalue weighted by Gasteiger charge is 2.24. The first-order chi connectivity index (χ1) is 12.5. The van der Waals surface area contributed by atoms with Gasteiger partial charge in [0.1, 0.15) is 0 Å². The van der Waals surface area contributed by atoms with Gasteiger partial charge in [-0.15, -0.1) is 0 Å². The Morgan fingerprint density at radius 1 is 0.885 bits per heavy atom.